The number of benzene rings is 1. The van der Waals surface area contributed by atoms with E-state index in [0.29, 0.717) is 5.75 Å². The first-order valence-corrected chi connectivity index (χ1v) is 6.72. The minimum atomic E-state index is -1.15. The Hall–Kier alpha value is -1.36. The lowest BCUT2D eigenvalue weighted by atomic mass is 10.2. The van der Waals surface area contributed by atoms with Gasteiger partial charge in [0.05, 0.1) is 13.0 Å². The number of methoxy groups -OCH3 is 1. The van der Waals surface area contributed by atoms with E-state index < -0.39 is 22.7 Å². The minimum absolute atomic E-state index is 0.182. The highest BCUT2D eigenvalue weighted by atomic mass is 32.2. The predicted molar refractivity (Wildman–Crippen MR) is 66.5 cm³/mol. The SMILES string of the molecule is COc1ccc(CS(=O)CC(C)C(=O)O)cc1. The van der Waals surface area contributed by atoms with Gasteiger partial charge in [0.15, 0.2) is 0 Å². The molecule has 1 N–H and O–H groups in total. The van der Waals surface area contributed by atoms with Crippen molar-refractivity contribution < 1.29 is 18.8 Å². The number of hydrogen-bond acceptors (Lipinski definition) is 3. The summed E-state index contributed by atoms with van der Waals surface area (Å²) in [7, 11) is 0.433. The molecule has 0 aromatic heterocycles. The number of hydrogen-bond donors (Lipinski definition) is 1. The van der Waals surface area contributed by atoms with Gasteiger partial charge in [-0.2, -0.15) is 0 Å². The largest absolute Gasteiger partial charge is 0.497 e. The molecule has 94 valence electrons. The summed E-state index contributed by atoms with van der Waals surface area (Å²) >= 11 is 0. The van der Waals surface area contributed by atoms with Crippen molar-refractivity contribution in [1.82, 2.24) is 0 Å². The van der Waals surface area contributed by atoms with Crippen molar-refractivity contribution in [2.24, 2.45) is 5.92 Å². The van der Waals surface area contributed by atoms with E-state index in [0.717, 1.165) is 11.3 Å². The zero-order chi connectivity index (χ0) is 12.8. The maximum absolute atomic E-state index is 11.7. The van der Waals surface area contributed by atoms with E-state index in [-0.39, 0.29) is 5.75 Å². The molecule has 0 bridgehead atoms. The molecule has 17 heavy (non-hydrogen) atoms. The average molecular weight is 256 g/mol. The minimum Gasteiger partial charge on any atom is -0.497 e. The first kappa shape index (κ1) is 13.7. The van der Waals surface area contributed by atoms with Crippen LogP contribution in [0.15, 0.2) is 24.3 Å². The van der Waals surface area contributed by atoms with Gasteiger partial charge in [-0.3, -0.25) is 9.00 Å². The quantitative estimate of drug-likeness (QED) is 0.840. The Morgan fingerprint density at radius 1 is 1.41 bits per heavy atom. The molecule has 1 aromatic carbocycles. The highest BCUT2D eigenvalue weighted by Gasteiger charge is 2.14. The van der Waals surface area contributed by atoms with Crippen molar-refractivity contribution in [1.29, 1.82) is 0 Å². The number of carbonyl (C=O) groups is 1. The van der Waals surface area contributed by atoms with Gasteiger partial charge in [0, 0.05) is 22.3 Å². The first-order valence-electron chi connectivity index (χ1n) is 5.23. The van der Waals surface area contributed by atoms with Crippen LogP contribution < -0.4 is 4.74 Å². The summed E-state index contributed by atoms with van der Waals surface area (Å²) in [6.45, 7) is 1.56. The van der Waals surface area contributed by atoms with Crippen LogP contribution in [0.5, 0.6) is 5.75 Å². The molecule has 0 aliphatic rings. The van der Waals surface area contributed by atoms with Crippen LogP contribution in [-0.2, 0) is 21.3 Å². The third-order valence-corrected chi connectivity index (χ3v) is 3.87. The maximum Gasteiger partial charge on any atom is 0.307 e. The molecule has 0 fully saturated rings. The van der Waals surface area contributed by atoms with Crippen LogP contribution in [0.4, 0.5) is 0 Å². The third kappa shape index (κ3) is 4.56. The maximum atomic E-state index is 11.7. The summed E-state index contributed by atoms with van der Waals surface area (Å²) in [5.41, 5.74) is 0.918. The summed E-state index contributed by atoms with van der Waals surface area (Å²) in [6, 6.07) is 7.27. The number of rotatable bonds is 6. The van der Waals surface area contributed by atoms with Gasteiger partial charge >= 0.3 is 5.97 Å². The molecule has 0 heterocycles. The fourth-order valence-corrected chi connectivity index (χ4v) is 2.70. The lowest BCUT2D eigenvalue weighted by Crippen LogP contribution is -2.18. The second kappa shape index (κ2) is 6.39. The molecule has 0 amide bonds. The molecular weight excluding hydrogens is 240 g/mol. The molecule has 2 atom stereocenters. The van der Waals surface area contributed by atoms with E-state index in [4.69, 9.17) is 9.84 Å². The van der Waals surface area contributed by atoms with E-state index in [1.165, 1.54) is 0 Å². The summed E-state index contributed by atoms with van der Waals surface area (Å²) in [5.74, 6) is -0.177. The summed E-state index contributed by atoms with van der Waals surface area (Å²) in [4.78, 5) is 10.6. The molecule has 0 aliphatic carbocycles. The topological polar surface area (TPSA) is 63.6 Å². The van der Waals surface area contributed by atoms with Crippen molar-refractivity contribution in [3.8, 4) is 5.75 Å². The lowest BCUT2D eigenvalue weighted by molar-refractivity contribution is -0.140. The van der Waals surface area contributed by atoms with Crippen molar-refractivity contribution >= 4 is 16.8 Å². The monoisotopic (exact) mass is 256 g/mol. The molecule has 1 rings (SSSR count). The Balaban J connectivity index is 2.53. The normalized spacial score (nSPS) is 14.0. The third-order valence-electron chi connectivity index (χ3n) is 2.34. The number of carboxylic acids is 1. The Morgan fingerprint density at radius 2 is 2.00 bits per heavy atom. The lowest BCUT2D eigenvalue weighted by Gasteiger charge is -2.06. The van der Waals surface area contributed by atoms with E-state index in [2.05, 4.69) is 0 Å². The van der Waals surface area contributed by atoms with Crippen LogP contribution in [0.25, 0.3) is 0 Å². The van der Waals surface area contributed by atoms with E-state index in [1.807, 2.05) is 12.1 Å². The molecule has 0 radical (unpaired) electrons. The van der Waals surface area contributed by atoms with E-state index in [9.17, 15) is 9.00 Å². The fourth-order valence-electron chi connectivity index (χ4n) is 1.32. The van der Waals surface area contributed by atoms with E-state index in [1.54, 1.807) is 26.2 Å². The predicted octanol–water partition coefficient (Wildman–Crippen LogP) is 1.66. The fraction of sp³-hybridized carbons (Fsp3) is 0.417. The highest BCUT2D eigenvalue weighted by Crippen LogP contribution is 2.13. The van der Waals surface area contributed by atoms with Gasteiger partial charge in [0.1, 0.15) is 5.75 Å². The molecule has 0 saturated heterocycles. The standard InChI is InChI=1S/C12H16O4S/c1-9(12(13)14)7-17(15)8-10-3-5-11(16-2)6-4-10/h3-6,9H,7-8H2,1-2H3,(H,13,14). The van der Waals surface area contributed by atoms with Crippen molar-refractivity contribution in [2.45, 2.75) is 12.7 Å². The average Bonchev–Trinajstić information content (AvgIpc) is 2.29. The van der Waals surface area contributed by atoms with Crippen LogP contribution >= 0.6 is 0 Å². The summed E-state index contributed by atoms with van der Waals surface area (Å²) in [6.07, 6.45) is 0. The van der Waals surface area contributed by atoms with Crippen molar-refractivity contribution in [2.75, 3.05) is 12.9 Å². The Kier molecular flexibility index (Phi) is 5.15. The van der Waals surface area contributed by atoms with E-state index >= 15 is 0 Å². The van der Waals surface area contributed by atoms with Crippen LogP contribution in [0, 0.1) is 5.92 Å². The molecule has 4 nitrogen and oxygen atoms in total. The van der Waals surface area contributed by atoms with Gasteiger partial charge < -0.3 is 9.84 Å². The Labute approximate surface area is 103 Å². The van der Waals surface area contributed by atoms with Gasteiger partial charge in [-0.15, -0.1) is 0 Å². The van der Waals surface area contributed by atoms with Crippen LogP contribution in [0.2, 0.25) is 0 Å². The molecule has 2 unspecified atom stereocenters. The first-order chi connectivity index (χ1) is 8.02. The van der Waals surface area contributed by atoms with Gasteiger partial charge in [-0.05, 0) is 17.7 Å². The van der Waals surface area contributed by atoms with Gasteiger partial charge in [0.2, 0.25) is 0 Å². The zero-order valence-corrected chi connectivity index (χ0v) is 10.7. The van der Waals surface area contributed by atoms with Gasteiger partial charge in [-0.25, -0.2) is 0 Å². The summed E-state index contributed by atoms with van der Waals surface area (Å²) in [5, 5.41) is 8.71. The molecular formula is C12H16O4S. The number of carboxylic acid groups (broad SMARTS) is 1. The van der Waals surface area contributed by atoms with Gasteiger partial charge in [0.25, 0.3) is 0 Å². The number of ether oxygens (including phenoxy) is 1. The van der Waals surface area contributed by atoms with Crippen molar-refractivity contribution in [3.05, 3.63) is 29.8 Å². The van der Waals surface area contributed by atoms with Crippen LogP contribution in [0.3, 0.4) is 0 Å². The second-order valence-electron chi connectivity index (χ2n) is 3.84. The molecule has 1 aromatic rings. The Morgan fingerprint density at radius 3 is 2.47 bits per heavy atom. The molecule has 0 saturated carbocycles. The Bertz CT molecular complexity index is 399. The highest BCUT2D eigenvalue weighted by molar-refractivity contribution is 7.84. The molecule has 0 aliphatic heterocycles. The summed E-state index contributed by atoms with van der Waals surface area (Å²) < 4.78 is 16.7. The number of aliphatic carboxylic acids is 1. The zero-order valence-electron chi connectivity index (χ0n) is 9.88. The van der Waals surface area contributed by atoms with Gasteiger partial charge in [-0.1, -0.05) is 19.1 Å². The molecule has 5 heteroatoms. The second-order valence-corrected chi connectivity index (χ2v) is 5.34. The van der Waals surface area contributed by atoms with Crippen LogP contribution in [0.1, 0.15) is 12.5 Å². The smallest absolute Gasteiger partial charge is 0.307 e. The van der Waals surface area contributed by atoms with Crippen LogP contribution in [-0.4, -0.2) is 28.1 Å². The molecule has 0 spiro atoms. The van der Waals surface area contributed by atoms with Crippen molar-refractivity contribution in [3.63, 3.8) is 0 Å².